The van der Waals surface area contributed by atoms with Gasteiger partial charge in [0.25, 0.3) is 0 Å². The van der Waals surface area contributed by atoms with Gasteiger partial charge in [-0.25, -0.2) is 4.79 Å². The van der Waals surface area contributed by atoms with Gasteiger partial charge in [0.05, 0.1) is 16.7 Å². The molecule has 1 aromatic rings. The third kappa shape index (κ3) is 4.11. The number of nitrogens with one attached hydrogen (secondary N) is 1. The minimum absolute atomic E-state index is 0.0342. The van der Waals surface area contributed by atoms with Crippen molar-refractivity contribution < 1.29 is 14.3 Å². The SMILES string of the molecule is Cc1cn2c(c1C(=O)OC(C)C)SCC2=CC(=O)NC1CCCCC1. The Morgan fingerprint density at radius 1 is 1.32 bits per heavy atom. The zero-order chi connectivity index (χ0) is 18.0. The van der Waals surface area contributed by atoms with Gasteiger partial charge in [-0.05, 0) is 39.2 Å². The van der Waals surface area contributed by atoms with E-state index < -0.39 is 0 Å². The summed E-state index contributed by atoms with van der Waals surface area (Å²) in [6.07, 6.45) is 9.25. The van der Waals surface area contributed by atoms with Crippen molar-refractivity contribution >= 4 is 29.3 Å². The maximum Gasteiger partial charge on any atom is 0.341 e. The molecular weight excluding hydrogens is 336 g/mol. The van der Waals surface area contributed by atoms with Crippen molar-refractivity contribution in [1.82, 2.24) is 9.88 Å². The molecule has 0 unspecified atom stereocenters. The summed E-state index contributed by atoms with van der Waals surface area (Å²) in [6.45, 7) is 5.59. The molecule has 1 aliphatic heterocycles. The summed E-state index contributed by atoms with van der Waals surface area (Å²) < 4.78 is 7.31. The molecule has 1 aliphatic carbocycles. The van der Waals surface area contributed by atoms with Crippen molar-refractivity contribution in [2.75, 3.05) is 5.75 Å². The number of ether oxygens (including phenoxy) is 1. The number of thioether (sulfide) groups is 1. The Morgan fingerprint density at radius 2 is 2.04 bits per heavy atom. The second-order valence-electron chi connectivity index (χ2n) is 7.08. The number of aryl methyl sites for hydroxylation is 1. The van der Waals surface area contributed by atoms with E-state index in [2.05, 4.69) is 5.32 Å². The molecule has 1 fully saturated rings. The van der Waals surface area contributed by atoms with Crippen LogP contribution in [0.1, 0.15) is 61.9 Å². The van der Waals surface area contributed by atoms with Crippen molar-refractivity contribution in [3.8, 4) is 0 Å². The van der Waals surface area contributed by atoms with Crippen LogP contribution >= 0.6 is 11.8 Å². The molecule has 136 valence electrons. The molecular formula is C19H26N2O3S. The summed E-state index contributed by atoms with van der Waals surface area (Å²) in [5.74, 6) is 0.366. The number of rotatable bonds is 4. The molecule has 1 N–H and O–H groups in total. The molecule has 1 saturated carbocycles. The van der Waals surface area contributed by atoms with E-state index in [1.54, 1.807) is 17.8 Å². The number of hydrogen-bond acceptors (Lipinski definition) is 4. The predicted octanol–water partition coefficient (Wildman–Crippen LogP) is 3.76. The average Bonchev–Trinajstić information content (AvgIpc) is 3.06. The van der Waals surface area contributed by atoms with Crippen LogP contribution in [0.2, 0.25) is 0 Å². The van der Waals surface area contributed by atoms with E-state index in [9.17, 15) is 9.59 Å². The molecule has 0 aromatic carbocycles. The van der Waals surface area contributed by atoms with Crippen LogP contribution < -0.4 is 5.32 Å². The largest absolute Gasteiger partial charge is 0.459 e. The van der Waals surface area contributed by atoms with E-state index in [4.69, 9.17) is 4.74 Å². The Balaban J connectivity index is 1.75. The highest BCUT2D eigenvalue weighted by atomic mass is 32.2. The molecule has 2 heterocycles. The number of esters is 1. The summed E-state index contributed by atoms with van der Waals surface area (Å²) in [5, 5.41) is 3.99. The van der Waals surface area contributed by atoms with Crippen LogP contribution in [0.5, 0.6) is 0 Å². The number of carbonyl (C=O) groups is 2. The first-order valence-corrected chi connectivity index (χ1v) is 10.0. The lowest BCUT2D eigenvalue weighted by molar-refractivity contribution is -0.117. The molecule has 2 aliphatic rings. The first kappa shape index (κ1) is 18.1. The van der Waals surface area contributed by atoms with Gasteiger partial charge in [0.15, 0.2) is 0 Å². The molecule has 0 bridgehead atoms. The molecule has 0 atom stereocenters. The minimum atomic E-state index is -0.290. The van der Waals surface area contributed by atoms with E-state index >= 15 is 0 Å². The quantitative estimate of drug-likeness (QED) is 0.654. The van der Waals surface area contributed by atoms with E-state index in [0.717, 1.165) is 29.1 Å². The van der Waals surface area contributed by atoms with Gasteiger partial charge < -0.3 is 14.6 Å². The molecule has 25 heavy (non-hydrogen) atoms. The average molecular weight is 362 g/mol. The van der Waals surface area contributed by atoms with Crippen LogP contribution in [0.15, 0.2) is 17.3 Å². The molecule has 0 saturated heterocycles. The Kier molecular flexibility index (Phi) is 5.57. The number of amides is 1. The lowest BCUT2D eigenvalue weighted by Crippen LogP contribution is -2.35. The summed E-state index contributed by atoms with van der Waals surface area (Å²) in [7, 11) is 0. The fourth-order valence-electron chi connectivity index (χ4n) is 3.45. The summed E-state index contributed by atoms with van der Waals surface area (Å²) >= 11 is 1.58. The van der Waals surface area contributed by atoms with Gasteiger partial charge >= 0.3 is 5.97 Å². The van der Waals surface area contributed by atoms with E-state index in [-0.39, 0.29) is 18.0 Å². The van der Waals surface area contributed by atoms with Crippen LogP contribution in [0.4, 0.5) is 0 Å². The molecule has 1 aromatic heterocycles. The molecule has 0 radical (unpaired) electrons. The smallest absolute Gasteiger partial charge is 0.341 e. The van der Waals surface area contributed by atoms with Gasteiger partial charge in [0.2, 0.25) is 5.91 Å². The third-order valence-corrected chi connectivity index (χ3v) is 5.73. The number of nitrogens with zero attached hydrogens (tertiary/aromatic N) is 1. The van der Waals surface area contributed by atoms with Gasteiger partial charge in [0, 0.05) is 29.8 Å². The maximum atomic E-state index is 12.3. The van der Waals surface area contributed by atoms with Crippen molar-refractivity contribution in [2.24, 2.45) is 0 Å². The highest BCUT2D eigenvalue weighted by Gasteiger charge is 2.28. The van der Waals surface area contributed by atoms with E-state index in [1.807, 2.05) is 31.5 Å². The summed E-state index contributed by atoms with van der Waals surface area (Å²) in [6, 6.07) is 0.301. The van der Waals surface area contributed by atoms with E-state index in [1.165, 1.54) is 19.3 Å². The molecule has 1 amide bonds. The van der Waals surface area contributed by atoms with Crippen molar-refractivity contribution in [3.05, 3.63) is 23.4 Å². The highest BCUT2D eigenvalue weighted by Crippen LogP contribution is 2.38. The normalized spacial score (nSPS) is 19.3. The van der Waals surface area contributed by atoms with Crippen molar-refractivity contribution in [1.29, 1.82) is 0 Å². The monoisotopic (exact) mass is 362 g/mol. The van der Waals surface area contributed by atoms with Crippen LogP contribution in [0.3, 0.4) is 0 Å². The first-order valence-electron chi connectivity index (χ1n) is 9.03. The van der Waals surface area contributed by atoms with Crippen LogP contribution in [0, 0.1) is 6.92 Å². The Bertz CT molecular complexity index is 700. The van der Waals surface area contributed by atoms with Gasteiger partial charge in [-0.2, -0.15) is 0 Å². The van der Waals surface area contributed by atoms with Crippen molar-refractivity contribution in [2.45, 2.75) is 70.0 Å². The van der Waals surface area contributed by atoms with E-state index in [0.29, 0.717) is 17.4 Å². The number of carbonyl (C=O) groups excluding carboxylic acids is 2. The van der Waals surface area contributed by atoms with Crippen LogP contribution in [-0.2, 0) is 9.53 Å². The fraction of sp³-hybridized carbons (Fsp3) is 0.579. The van der Waals surface area contributed by atoms with Crippen LogP contribution in [-0.4, -0.2) is 34.3 Å². The molecule has 0 spiro atoms. The molecule has 5 nitrogen and oxygen atoms in total. The minimum Gasteiger partial charge on any atom is -0.459 e. The van der Waals surface area contributed by atoms with Gasteiger partial charge in [-0.15, -0.1) is 11.8 Å². The second-order valence-corrected chi connectivity index (χ2v) is 8.05. The van der Waals surface area contributed by atoms with Gasteiger partial charge in [0.1, 0.15) is 0 Å². The second kappa shape index (κ2) is 7.68. The fourth-order valence-corrected chi connectivity index (χ4v) is 4.65. The summed E-state index contributed by atoms with van der Waals surface area (Å²) in [4.78, 5) is 24.7. The standard InChI is InChI=1S/C19H26N2O3S/c1-12(2)24-19(23)17-13(3)10-21-15(11-25-18(17)21)9-16(22)20-14-7-5-4-6-8-14/h9-10,12,14H,4-8,11H2,1-3H3,(H,20,22). The predicted molar refractivity (Wildman–Crippen MR) is 99.7 cm³/mol. The van der Waals surface area contributed by atoms with Gasteiger partial charge in [-0.3, -0.25) is 4.79 Å². The first-order chi connectivity index (χ1) is 12.0. The number of aromatic nitrogens is 1. The zero-order valence-electron chi connectivity index (χ0n) is 15.1. The summed E-state index contributed by atoms with van der Waals surface area (Å²) in [5.41, 5.74) is 2.42. The Hall–Kier alpha value is -1.69. The highest BCUT2D eigenvalue weighted by molar-refractivity contribution is 8.00. The lowest BCUT2D eigenvalue weighted by atomic mass is 9.95. The Labute approximate surface area is 153 Å². The van der Waals surface area contributed by atoms with Crippen LogP contribution in [0.25, 0.3) is 5.70 Å². The lowest BCUT2D eigenvalue weighted by Gasteiger charge is -2.22. The maximum absolute atomic E-state index is 12.3. The molecule has 6 heteroatoms. The number of hydrogen-bond donors (Lipinski definition) is 1. The third-order valence-electron chi connectivity index (χ3n) is 4.61. The van der Waals surface area contributed by atoms with Gasteiger partial charge in [-0.1, -0.05) is 19.3 Å². The Morgan fingerprint density at radius 3 is 2.72 bits per heavy atom. The number of fused-ring (bicyclic) bond motifs is 1. The van der Waals surface area contributed by atoms with Crippen molar-refractivity contribution in [3.63, 3.8) is 0 Å². The zero-order valence-corrected chi connectivity index (χ0v) is 15.9. The topological polar surface area (TPSA) is 60.3 Å². The molecule has 3 rings (SSSR count).